The van der Waals surface area contributed by atoms with E-state index in [1.807, 2.05) is 0 Å². The minimum Gasteiger partial charge on any atom is -0.356 e. The van der Waals surface area contributed by atoms with Crippen molar-refractivity contribution in [3.8, 4) is 0 Å². The number of carbonyl (C=O) groups is 1. The molecule has 0 aliphatic carbocycles. The van der Waals surface area contributed by atoms with Gasteiger partial charge in [0.2, 0.25) is 5.91 Å². The van der Waals surface area contributed by atoms with Gasteiger partial charge in [0.05, 0.1) is 0 Å². The highest BCUT2D eigenvalue weighted by Crippen LogP contribution is 2.23. The summed E-state index contributed by atoms with van der Waals surface area (Å²) in [6.45, 7) is 11.8. The normalized spacial score (nSPS) is 22.6. The molecule has 0 bridgehead atoms. The van der Waals surface area contributed by atoms with E-state index in [2.05, 4.69) is 38.3 Å². The first-order valence-corrected chi connectivity index (χ1v) is 7.42. The van der Waals surface area contributed by atoms with Crippen molar-refractivity contribution >= 4 is 5.91 Å². The average molecular weight is 254 g/mol. The molecule has 0 radical (unpaired) electrons. The molecule has 1 fully saturated rings. The van der Waals surface area contributed by atoms with Crippen molar-refractivity contribution in [3.63, 3.8) is 0 Å². The van der Waals surface area contributed by atoms with Gasteiger partial charge in [-0.1, -0.05) is 27.7 Å². The van der Waals surface area contributed by atoms with E-state index in [0.717, 1.165) is 26.1 Å². The SMILES string of the molecule is CCC(C)(C)CNC(=O)CC(C)C1CCCNC1. The predicted octanol–water partition coefficient (Wildman–Crippen LogP) is 2.56. The third-order valence-electron chi connectivity index (χ3n) is 4.37. The number of piperidine rings is 1. The number of amides is 1. The van der Waals surface area contributed by atoms with E-state index in [1.165, 1.54) is 12.8 Å². The summed E-state index contributed by atoms with van der Waals surface area (Å²) < 4.78 is 0. The average Bonchev–Trinajstić information content (AvgIpc) is 2.37. The third kappa shape index (κ3) is 5.38. The molecule has 0 spiro atoms. The Hall–Kier alpha value is -0.570. The lowest BCUT2D eigenvalue weighted by Gasteiger charge is -2.28. The number of hydrogen-bond acceptors (Lipinski definition) is 2. The van der Waals surface area contributed by atoms with E-state index in [-0.39, 0.29) is 11.3 Å². The molecule has 18 heavy (non-hydrogen) atoms. The van der Waals surface area contributed by atoms with E-state index in [1.54, 1.807) is 0 Å². The zero-order chi connectivity index (χ0) is 13.6. The molecule has 3 heteroatoms. The molecule has 0 aromatic rings. The Morgan fingerprint density at radius 2 is 2.22 bits per heavy atom. The summed E-state index contributed by atoms with van der Waals surface area (Å²) in [4.78, 5) is 11.9. The predicted molar refractivity (Wildman–Crippen MR) is 76.5 cm³/mol. The highest BCUT2D eigenvalue weighted by atomic mass is 16.1. The van der Waals surface area contributed by atoms with Crippen molar-refractivity contribution in [2.75, 3.05) is 19.6 Å². The topological polar surface area (TPSA) is 41.1 Å². The fraction of sp³-hybridized carbons (Fsp3) is 0.933. The smallest absolute Gasteiger partial charge is 0.220 e. The van der Waals surface area contributed by atoms with Crippen molar-refractivity contribution in [3.05, 3.63) is 0 Å². The molecule has 2 N–H and O–H groups in total. The summed E-state index contributed by atoms with van der Waals surface area (Å²) >= 11 is 0. The Labute approximate surface area is 112 Å². The van der Waals surface area contributed by atoms with Crippen molar-refractivity contribution in [1.82, 2.24) is 10.6 Å². The second-order valence-corrected chi connectivity index (χ2v) is 6.58. The first-order chi connectivity index (χ1) is 8.44. The van der Waals surface area contributed by atoms with E-state index < -0.39 is 0 Å². The highest BCUT2D eigenvalue weighted by Gasteiger charge is 2.23. The van der Waals surface area contributed by atoms with Crippen LogP contribution in [0.1, 0.15) is 53.4 Å². The largest absolute Gasteiger partial charge is 0.356 e. The van der Waals surface area contributed by atoms with Crippen molar-refractivity contribution in [2.24, 2.45) is 17.3 Å². The minimum atomic E-state index is 0.214. The number of hydrogen-bond donors (Lipinski definition) is 2. The Kier molecular flexibility index (Phi) is 6.13. The van der Waals surface area contributed by atoms with Gasteiger partial charge in [0.25, 0.3) is 0 Å². The number of nitrogens with one attached hydrogen (secondary N) is 2. The van der Waals surface area contributed by atoms with Crippen LogP contribution in [0.15, 0.2) is 0 Å². The van der Waals surface area contributed by atoms with Crippen LogP contribution in [0.25, 0.3) is 0 Å². The first kappa shape index (κ1) is 15.5. The summed E-state index contributed by atoms with van der Waals surface area (Å²) in [5.41, 5.74) is 0.214. The molecule has 0 aromatic heterocycles. The van der Waals surface area contributed by atoms with Gasteiger partial charge in [-0.2, -0.15) is 0 Å². The van der Waals surface area contributed by atoms with Gasteiger partial charge in [-0.15, -0.1) is 0 Å². The summed E-state index contributed by atoms with van der Waals surface area (Å²) in [7, 11) is 0. The van der Waals surface area contributed by atoms with Crippen LogP contribution in [0.2, 0.25) is 0 Å². The second-order valence-electron chi connectivity index (χ2n) is 6.58. The zero-order valence-electron chi connectivity index (χ0n) is 12.5. The molecular weight excluding hydrogens is 224 g/mol. The molecule has 1 heterocycles. The summed E-state index contributed by atoms with van der Waals surface area (Å²) in [5.74, 6) is 1.38. The summed E-state index contributed by atoms with van der Waals surface area (Å²) in [6.07, 6.45) is 4.28. The van der Waals surface area contributed by atoms with E-state index in [4.69, 9.17) is 0 Å². The lowest BCUT2D eigenvalue weighted by atomic mass is 9.85. The first-order valence-electron chi connectivity index (χ1n) is 7.42. The van der Waals surface area contributed by atoms with Crippen LogP contribution in [-0.2, 0) is 4.79 Å². The molecule has 106 valence electrons. The van der Waals surface area contributed by atoms with Gasteiger partial charge < -0.3 is 10.6 Å². The van der Waals surface area contributed by atoms with Crippen LogP contribution in [0.4, 0.5) is 0 Å². The van der Waals surface area contributed by atoms with Crippen LogP contribution in [-0.4, -0.2) is 25.5 Å². The lowest BCUT2D eigenvalue weighted by molar-refractivity contribution is -0.122. The zero-order valence-corrected chi connectivity index (χ0v) is 12.5. The highest BCUT2D eigenvalue weighted by molar-refractivity contribution is 5.76. The maximum Gasteiger partial charge on any atom is 0.220 e. The van der Waals surface area contributed by atoms with E-state index in [9.17, 15) is 4.79 Å². The maximum atomic E-state index is 11.9. The molecular formula is C15H30N2O. The second kappa shape index (κ2) is 7.13. The van der Waals surface area contributed by atoms with Crippen LogP contribution in [0.3, 0.4) is 0 Å². The standard InChI is InChI=1S/C15H30N2O/c1-5-15(3,4)11-17-14(18)9-12(2)13-7-6-8-16-10-13/h12-13,16H,5-11H2,1-4H3,(H,17,18). The van der Waals surface area contributed by atoms with E-state index in [0.29, 0.717) is 18.3 Å². The maximum absolute atomic E-state index is 11.9. The molecule has 1 saturated heterocycles. The minimum absolute atomic E-state index is 0.214. The van der Waals surface area contributed by atoms with Gasteiger partial charge in [-0.05, 0) is 49.6 Å². The third-order valence-corrected chi connectivity index (χ3v) is 4.37. The van der Waals surface area contributed by atoms with Gasteiger partial charge in [0, 0.05) is 13.0 Å². The lowest BCUT2D eigenvalue weighted by Crippen LogP contribution is -2.37. The Bertz CT molecular complexity index is 257. The van der Waals surface area contributed by atoms with E-state index >= 15 is 0 Å². The summed E-state index contributed by atoms with van der Waals surface area (Å²) in [5, 5.41) is 6.51. The quantitative estimate of drug-likeness (QED) is 0.765. The van der Waals surface area contributed by atoms with Crippen LogP contribution in [0, 0.1) is 17.3 Å². The van der Waals surface area contributed by atoms with Crippen molar-refractivity contribution < 1.29 is 4.79 Å². The molecule has 1 aliphatic rings. The molecule has 3 nitrogen and oxygen atoms in total. The Morgan fingerprint density at radius 3 is 2.78 bits per heavy atom. The molecule has 0 aromatic carbocycles. The monoisotopic (exact) mass is 254 g/mol. The van der Waals surface area contributed by atoms with Gasteiger partial charge in [0.1, 0.15) is 0 Å². The van der Waals surface area contributed by atoms with Crippen molar-refractivity contribution in [2.45, 2.75) is 53.4 Å². The number of carbonyl (C=O) groups excluding carboxylic acids is 1. The van der Waals surface area contributed by atoms with Crippen LogP contribution >= 0.6 is 0 Å². The molecule has 1 rings (SSSR count). The van der Waals surface area contributed by atoms with Gasteiger partial charge in [-0.3, -0.25) is 4.79 Å². The summed E-state index contributed by atoms with van der Waals surface area (Å²) in [6, 6.07) is 0. The van der Waals surface area contributed by atoms with Gasteiger partial charge >= 0.3 is 0 Å². The molecule has 0 saturated carbocycles. The van der Waals surface area contributed by atoms with Gasteiger partial charge in [-0.25, -0.2) is 0 Å². The Morgan fingerprint density at radius 1 is 1.50 bits per heavy atom. The van der Waals surface area contributed by atoms with Gasteiger partial charge in [0.15, 0.2) is 0 Å². The molecule has 2 unspecified atom stereocenters. The fourth-order valence-corrected chi connectivity index (χ4v) is 2.36. The Balaban J connectivity index is 2.26. The van der Waals surface area contributed by atoms with Crippen LogP contribution < -0.4 is 10.6 Å². The van der Waals surface area contributed by atoms with Crippen LogP contribution in [0.5, 0.6) is 0 Å². The van der Waals surface area contributed by atoms with Crippen molar-refractivity contribution in [1.29, 1.82) is 0 Å². The fourth-order valence-electron chi connectivity index (χ4n) is 2.36. The molecule has 1 amide bonds. The number of rotatable bonds is 6. The molecule has 1 aliphatic heterocycles. The molecule has 2 atom stereocenters.